The van der Waals surface area contributed by atoms with Crippen molar-refractivity contribution in [3.05, 3.63) is 90.0 Å². The van der Waals surface area contributed by atoms with Crippen molar-refractivity contribution >= 4 is 23.5 Å². The normalized spacial score (nSPS) is 10.1. The molecule has 0 aliphatic rings. The highest BCUT2D eigenvalue weighted by Crippen LogP contribution is 2.22. The first-order valence-corrected chi connectivity index (χ1v) is 8.71. The van der Waals surface area contributed by atoms with Gasteiger partial charge in [0.2, 0.25) is 5.91 Å². The Hall–Kier alpha value is -4.13. The van der Waals surface area contributed by atoms with Crippen LogP contribution in [0.3, 0.4) is 0 Å². The van der Waals surface area contributed by atoms with Crippen LogP contribution < -0.4 is 15.8 Å². The van der Waals surface area contributed by atoms with E-state index in [1.54, 1.807) is 60.7 Å². The standard InChI is InChI=1S/C22H18N2O5/c23-21(26)15-6-10-18(11-7-15)29-19-12-8-16(9-13-19)22(27)28-14-20(25)24-17-4-2-1-3-5-17/h1-13H,14H2,(H2,23,26)(H,24,25). The van der Waals surface area contributed by atoms with E-state index in [0.29, 0.717) is 22.7 Å². The van der Waals surface area contributed by atoms with Crippen LogP contribution in [-0.2, 0) is 9.53 Å². The summed E-state index contributed by atoms with van der Waals surface area (Å²) in [5.41, 5.74) is 6.49. The van der Waals surface area contributed by atoms with Gasteiger partial charge in [0.15, 0.2) is 6.61 Å². The number of ether oxygens (including phenoxy) is 2. The summed E-state index contributed by atoms with van der Waals surface area (Å²) in [7, 11) is 0. The van der Waals surface area contributed by atoms with Gasteiger partial charge in [0.1, 0.15) is 11.5 Å². The van der Waals surface area contributed by atoms with Crippen LogP contribution in [0.1, 0.15) is 20.7 Å². The second-order valence-electron chi connectivity index (χ2n) is 6.01. The molecule has 3 aromatic carbocycles. The lowest BCUT2D eigenvalue weighted by molar-refractivity contribution is -0.119. The summed E-state index contributed by atoms with van der Waals surface area (Å²) >= 11 is 0. The number of carbonyl (C=O) groups is 3. The van der Waals surface area contributed by atoms with Crippen LogP contribution >= 0.6 is 0 Å². The molecule has 146 valence electrons. The highest BCUT2D eigenvalue weighted by atomic mass is 16.5. The average molecular weight is 390 g/mol. The molecule has 0 saturated carbocycles. The summed E-state index contributed by atoms with van der Waals surface area (Å²) in [6.07, 6.45) is 0. The fourth-order valence-electron chi connectivity index (χ4n) is 2.42. The van der Waals surface area contributed by atoms with Crippen molar-refractivity contribution in [3.63, 3.8) is 0 Å². The Morgan fingerprint density at radius 3 is 1.86 bits per heavy atom. The van der Waals surface area contributed by atoms with E-state index in [2.05, 4.69) is 5.32 Å². The van der Waals surface area contributed by atoms with Gasteiger partial charge in [-0.05, 0) is 60.7 Å². The van der Waals surface area contributed by atoms with Crippen LogP contribution in [0.4, 0.5) is 5.69 Å². The van der Waals surface area contributed by atoms with Crippen molar-refractivity contribution in [1.82, 2.24) is 0 Å². The van der Waals surface area contributed by atoms with Gasteiger partial charge in [-0.15, -0.1) is 0 Å². The number of nitrogens with one attached hydrogen (secondary N) is 1. The summed E-state index contributed by atoms with van der Waals surface area (Å²) in [6.45, 7) is -0.391. The number of anilines is 1. The van der Waals surface area contributed by atoms with E-state index in [0.717, 1.165) is 0 Å². The molecule has 0 aliphatic carbocycles. The molecule has 0 heterocycles. The number of nitrogens with two attached hydrogens (primary N) is 1. The monoisotopic (exact) mass is 390 g/mol. The molecule has 0 fully saturated rings. The quantitative estimate of drug-likeness (QED) is 0.602. The maximum absolute atomic E-state index is 12.1. The second-order valence-corrected chi connectivity index (χ2v) is 6.01. The number of para-hydroxylation sites is 1. The minimum Gasteiger partial charge on any atom is -0.457 e. The van der Waals surface area contributed by atoms with Crippen molar-refractivity contribution in [1.29, 1.82) is 0 Å². The molecule has 3 rings (SSSR count). The molecular formula is C22H18N2O5. The smallest absolute Gasteiger partial charge is 0.338 e. The molecule has 0 bridgehead atoms. The van der Waals surface area contributed by atoms with Gasteiger partial charge in [0.25, 0.3) is 5.91 Å². The summed E-state index contributed by atoms with van der Waals surface area (Å²) in [4.78, 5) is 35.0. The zero-order valence-electron chi connectivity index (χ0n) is 15.3. The molecule has 0 radical (unpaired) electrons. The first kappa shape index (κ1) is 19.6. The number of primary amides is 1. The summed E-state index contributed by atoms with van der Waals surface area (Å²) in [6, 6.07) is 21.5. The maximum atomic E-state index is 12.1. The van der Waals surface area contributed by atoms with E-state index >= 15 is 0 Å². The summed E-state index contributed by atoms with van der Waals surface area (Å²) in [5.74, 6) is -0.551. The van der Waals surface area contributed by atoms with E-state index in [-0.39, 0.29) is 5.56 Å². The molecular weight excluding hydrogens is 372 g/mol. The largest absolute Gasteiger partial charge is 0.457 e. The first-order valence-electron chi connectivity index (χ1n) is 8.71. The highest BCUT2D eigenvalue weighted by Gasteiger charge is 2.11. The Morgan fingerprint density at radius 2 is 1.31 bits per heavy atom. The predicted molar refractivity (Wildman–Crippen MR) is 107 cm³/mol. The molecule has 3 aromatic rings. The number of rotatable bonds is 7. The van der Waals surface area contributed by atoms with Crippen LogP contribution in [0.2, 0.25) is 0 Å². The van der Waals surface area contributed by atoms with Crippen molar-refractivity contribution in [2.75, 3.05) is 11.9 Å². The van der Waals surface area contributed by atoms with E-state index in [4.69, 9.17) is 15.2 Å². The SMILES string of the molecule is NC(=O)c1ccc(Oc2ccc(C(=O)OCC(=O)Nc3ccccc3)cc2)cc1. The number of hydrogen-bond donors (Lipinski definition) is 2. The zero-order chi connectivity index (χ0) is 20.6. The third-order valence-corrected chi connectivity index (χ3v) is 3.86. The van der Waals surface area contributed by atoms with Crippen molar-refractivity contribution < 1.29 is 23.9 Å². The Kier molecular flexibility index (Phi) is 6.22. The minimum atomic E-state index is -0.620. The van der Waals surface area contributed by atoms with Gasteiger partial charge in [0.05, 0.1) is 5.56 Å². The van der Waals surface area contributed by atoms with Crippen LogP contribution in [0.25, 0.3) is 0 Å². The lowest BCUT2D eigenvalue weighted by atomic mass is 10.2. The van der Waals surface area contributed by atoms with Crippen LogP contribution in [0, 0.1) is 0 Å². The third-order valence-electron chi connectivity index (χ3n) is 3.86. The molecule has 0 unspecified atom stereocenters. The van der Waals surface area contributed by atoms with Gasteiger partial charge in [-0.3, -0.25) is 9.59 Å². The van der Waals surface area contributed by atoms with Gasteiger partial charge < -0.3 is 20.5 Å². The molecule has 29 heavy (non-hydrogen) atoms. The molecule has 0 aliphatic heterocycles. The molecule has 7 heteroatoms. The lowest BCUT2D eigenvalue weighted by Crippen LogP contribution is -2.20. The Balaban J connectivity index is 1.51. The van der Waals surface area contributed by atoms with E-state index in [9.17, 15) is 14.4 Å². The van der Waals surface area contributed by atoms with Crippen LogP contribution in [0.5, 0.6) is 11.5 Å². The molecule has 7 nitrogen and oxygen atoms in total. The van der Waals surface area contributed by atoms with E-state index in [1.165, 1.54) is 12.1 Å². The number of carbonyl (C=O) groups excluding carboxylic acids is 3. The Bertz CT molecular complexity index is 1000. The van der Waals surface area contributed by atoms with Gasteiger partial charge in [0, 0.05) is 11.3 Å². The summed E-state index contributed by atoms with van der Waals surface area (Å²) < 4.78 is 10.7. The predicted octanol–water partition coefficient (Wildman–Crippen LogP) is 3.37. The van der Waals surface area contributed by atoms with E-state index < -0.39 is 24.4 Å². The molecule has 0 atom stereocenters. The zero-order valence-corrected chi connectivity index (χ0v) is 15.3. The molecule has 0 aromatic heterocycles. The minimum absolute atomic E-state index is 0.286. The van der Waals surface area contributed by atoms with Gasteiger partial charge in [-0.25, -0.2) is 4.79 Å². The first-order chi connectivity index (χ1) is 14.0. The third kappa shape index (κ3) is 5.67. The van der Waals surface area contributed by atoms with Crippen LogP contribution in [-0.4, -0.2) is 24.4 Å². The van der Waals surface area contributed by atoms with Crippen molar-refractivity contribution in [3.8, 4) is 11.5 Å². The number of hydrogen-bond acceptors (Lipinski definition) is 5. The van der Waals surface area contributed by atoms with Crippen molar-refractivity contribution in [2.45, 2.75) is 0 Å². The molecule has 0 saturated heterocycles. The van der Waals surface area contributed by atoms with E-state index in [1.807, 2.05) is 6.07 Å². The fourth-order valence-corrected chi connectivity index (χ4v) is 2.42. The Morgan fingerprint density at radius 1 is 0.759 bits per heavy atom. The fraction of sp³-hybridized carbons (Fsp3) is 0.0455. The number of esters is 1. The van der Waals surface area contributed by atoms with Crippen molar-refractivity contribution in [2.24, 2.45) is 5.73 Å². The topological polar surface area (TPSA) is 108 Å². The lowest BCUT2D eigenvalue weighted by Gasteiger charge is -2.08. The number of benzene rings is 3. The van der Waals surface area contributed by atoms with Crippen LogP contribution in [0.15, 0.2) is 78.9 Å². The molecule has 3 N–H and O–H groups in total. The van der Waals surface area contributed by atoms with Gasteiger partial charge in [-0.1, -0.05) is 18.2 Å². The number of amides is 2. The van der Waals surface area contributed by atoms with Gasteiger partial charge >= 0.3 is 5.97 Å². The summed E-state index contributed by atoms with van der Waals surface area (Å²) in [5, 5.41) is 2.63. The maximum Gasteiger partial charge on any atom is 0.338 e. The van der Waals surface area contributed by atoms with Gasteiger partial charge in [-0.2, -0.15) is 0 Å². The Labute approximate surface area is 167 Å². The second kappa shape index (κ2) is 9.18. The molecule has 2 amide bonds. The highest BCUT2D eigenvalue weighted by molar-refractivity contribution is 5.95. The average Bonchev–Trinajstić information content (AvgIpc) is 2.74. The molecule has 0 spiro atoms.